The molecule has 5 nitrogen and oxygen atoms in total. The first-order valence-electron chi connectivity index (χ1n) is 22.5. The van der Waals surface area contributed by atoms with Crippen LogP contribution in [0.2, 0.25) is 0 Å². The molecule has 2 aromatic heterocycles. The fourth-order valence-corrected chi connectivity index (χ4v) is 9.50. The molecule has 5 heteroatoms. The van der Waals surface area contributed by atoms with Gasteiger partial charge in [0.05, 0.1) is 28.1 Å². The van der Waals surface area contributed by atoms with Gasteiger partial charge in [0, 0.05) is 51.5 Å². The Hall–Kier alpha value is -7.89. The maximum atomic E-state index is 6.80. The Balaban J connectivity index is 0.954. The van der Waals surface area contributed by atoms with Gasteiger partial charge in [0.15, 0.2) is 0 Å². The van der Waals surface area contributed by atoms with Gasteiger partial charge in [-0.15, -0.1) is 0 Å². The summed E-state index contributed by atoms with van der Waals surface area (Å²) in [6.07, 6.45) is 2.00. The largest absolute Gasteiger partial charge is 0.457 e. The van der Waals surface area contributed by atoms with Gasteiger partial charge in [-0.1, -0.05) is 160 Å². The lowest BCUT2D eigenvalue weighted by Gasteiger charge is -2.27. The molecule has 0 radical (unpaired) electrons. The summed E-state index contributed by atoms with van der Waals surface area (Å²) in [4.78, 5) is 9.94. The first kappa shape index (κ1) is 39.9. The first-order chi connectivity index (χ1) is 31.7. The number of nitrogens with zero attached hydrogens (tertiary/aromatic N) is 4. The van der Waals surface area contributed by atoms with Crippen LogP contribution in [0.3, 0.4) is 0 Å². The minimum Gasteiger partial charge on any atom is -0.457 e. The molecule has 0 bridgehead atoms. The lowest BCUT2D eigenvalue weighted by Crippen LogP contribution is -2.25. The van der Waals surface area contributed by atoms with E-state index in [1.54, 1.807) is 0 Å². The number of anilines is 4. The normalized spacial score (nSPS) is 12.6. The summed E-state index contributed by atoms with van der Waals surface area (Å²) in [6.45, 7) is 11.7. The number of hydrogen-bond donors (Lipinski definition) is 0. The van der Waals surface area contributed by atoms with Crippen LogP contribution in [0.15, 0.2) is 200 Å². The summed E-state index contributed by atoms with van der Waals surface area (Å²) in [7, 11) is 0. The van der Waals surface area contributed by atoms with Crippen LogP contribution in [0.5, 0.6) is 11.5 Å². The maximum absolute atomic E-state index is 6.80. The van der Waals surface area contributed by atoms with Gasteiger partial charge in [-0.05, 0) is 95.6 Å². The molecule has 0 aliphatic carbocycles. The van der Waals surface area contributed by atoms with Crippen molar-refractivity contribution < 1.29 is 4.74 Å². The van der Waals surface area contributed by atoms with E-state index in [4.69, 9.17) is 9.72 Å². The second-order valence-corrected chi connectivity index (χ2v) is 18.2. The highest BCUT2D eigenvalue weighted by atomic mass is 16.5. The van der Waals surface area contributed by atoms with Gasteiger partial charge in [0.1, 0.15) is 24.0 Å². The van der Waals surface area contributed by atoms with E-state index in [2.05, 4.69) is 237 Å². The maximum Gasteiger partial charge on any atom is 0.137 e. The number of fused-ring (bicyclic) bond motifs is 4. The monoisotopic (exact) mass is 842 g/mol. The van der Waals surface area contributed by atoms with Crippen molar-refractivity contribution in [2.45, 2.75) is 40.0 Å². The van der Waals surface area contributed by atoms with E-state index >= 15 is 0 Å². The average Bonchev–Trinajstić information content (AvgIpc) is 3.88. The smallest absolute Gasteiger partial charge is 0.137 e. The standard InChI is InChI=1S/C60H50N4O/c1-40-25-27-44(28-26-40)53-38-61-58(35-41(53)2)64-54-22-10-9-19-51(54)52-34-33-48(37-57(52)64)65-47-18-13-17-46(36-47)62-39-63(56-24-12-11-23-55(56)62)59-49(42-15-7-6-8-16-42)20-14-21-50(59)43-29-31-45(32-30-43)60(3,4)5/h6-38H,39H2,1-5H3. The Bertz CT molecular complexity index is 3380. The Morgan fingerprint density at radius 2 is 1.11 bits per heavy atom. The predicted molar refractivity (Wildman–Crippen MR) is 272 cm³/mol. The predicted octanol–water partition coefficient (Wildman–Crippen LogP) is 16.1. The molecule has 10 aromatic rings. The Kier molecular flexibility index (Phi) is 9.84. The topological polar surface area (TPSA) is 33.5 Å². The number of benzene rings is 8. The second kappa shape index (κ2) is 16.0. The molecule has 8 aromatic carbocycles. The zero-order valence-corrected chi connectivity index (χ0v) is 37.5. The van der Waals surface area contributed by atoms with E-state index in [0.29, 0.717) is 6.67 Å². The van der Waals surface area contributed by atoms with Gasteiger partial charge in [-0.2, -0.15) is 0 Å². The van der Waals surface area contributed by atoms with Crippen LogP contribution in [0.4, 0.5) is 22.7 Å². The first-order valence-corrected chi connectivity index (χ1v) is 22.5. The Labute approximate surface area is 381 Å². The fourth-order valence-electron chi connectivity index (χ4n) is 9.50. The van der Waals surface area contributed by atoms with Crippen LogP contribution in [0, 0.1) is 13.8 Å². The van der Waals surface area contributed by atoms with E-state index in [9.17, 15) is 0 Å². The lowest BCUT2D eigenvalue weighted by atomic mass is 9.86. The van der Waals surface area contributed by atoms with Gasteiger partial charge in [-0.25, -0.2) is 4.98 Å². The molecule has 0 fully saturated rings. The Morgan fingerprint density at radius 1 is 0.492 bits per heavy atom. The van der Waals surface area contributed by atoms with E-state index in [-0.39, 0.29) is 5.41 Å². The van der Waals surface area contributed by atoms with Crippen molar-refractivity contribution >= 4 is 44.6 Å². The number of pyridine rings is 1. The van der Waals surface area contributed by atoms with Gasteiger partial charge >= 0.3 is 0 Å². The molecule has 1 aliphatic heterocycles. The molecule has 0 amide bonds. The number of hydrogen-bond acceptors (Lipinski definition) is 4. The number of para-hydroxylation sites is 4. The SMILES string of the molecule is Cc1ccc(-c2cnc(-n3c4ccccc4c4ccc(Oc5cccc(N6CN(c7c(-c8ccccc8)cccc7-c7ccc(C(C)(C)C)cc7)c7ccccc76)c5)cc43)cc2C)cc1. The zero-order chi connectivity index (χ0) is 44.2. The molecular weight excluding hydrogens is 793 g/mol. The van der Waals surface area contributed by atoms with Gasteiger partial charge in [-0.3, -0.25) is 4.57 Å². The van der Waals surface area contributed by atoms with Gasteiger partial charge < -0.3 is 14.5 Å². The number of aromatic nitrogens is 2. The van der Waals surface area contributed by atoms with Crippen LogP contribution in [0.1, 0.15) is 37.5 Å². The minimum atomic E-state index is 0.0681. The molecule has 11 rings (SSSR count). The molecule has 0 saturated heterocycles. The molecule has 0 saturated carbocycles. The highest BCUT2D eigenvalue weighted by Crippen LogP contribution is 2.50. The van der Waals surface area contributed by atoms with Crippen molar-refractivity contribution in [2.75, 3.05) is 16.5 Å². The molecule has 0 N–H and O–H groups in total. The van der Waals surface area contributed by atoms with Crippen molar-refractivity contribution in [3.05, 3.63) is 217 Å². The van der Waals surface area contributed by atoms with Crippen LogP contribution in [-0.2, 0) is 5.41 Å². The number of rotatable bonds is 8. The van der Waals surface area contributed by atoms with Crippen LogP contribution in [0.25, 0.3) is 61.0 Å². The molecule has 0 unspecified atom stereocenters. The Morgan fingerprint density at radius 3 is 1.85 bits per heavy atom. The van der Waals surface area contributed by atoms with E-state index in [0.717, 1.165) is 56.4 Å². The van der Waals surface area contributed by atoms with Crippen molar-refractivity contribution in [3.8, 4) is 50.7 Å². The average molecular weight is 843 g/mol. The third-order valence-corrected chi connectivity index (χ3v) is 12.9. The third kappa shape index (κ3) is 7.29. The van der Waals surface area contributed by atoms with E-state index in [1.165, 1.54) is 55.6 Å². The molecule has 3 heterocycles. The number of aryl methyl sites for hydroxylation is 2. The van der Waals surface area contributed by atoms with E-state index < -0.39 is 0 Å². The molecule has 65 heavy (non-hydrogen) atoms. The fraction of sp³-hybridized carbons (Fsp3) is 0.117. The van der Waals surface area contributed by atoms with Crippen molar-refractivity contribution in [1.82, 2.24) is 9.55 Å². The van der Waals surface area contributed by atoms with Crippen molar-refractivity contribution in [3.63, 3.8) is 0 Å². The summed E-state index contributed by atoms with van der Waals surface area (Å²) in [5.74, 6) is 2.40. The molecule has 0 atom stereocenters. The van der Waals surface area contributed by atoms with Gasteiger partial charge in [0.2, 0.25) is 0 Å². The van der Waals surface area contributed by atoms with Crippen LogP contribution in [-0.4, -0.2) is 16.2 Å². The highest BCUT2D eigenvalue weighted by molar-refractivity contribution is 6.09. The van der Waals surface area contributed by atoms with Gasteiger partial charge in [0.25, 0.3) is 0 Å². The summed E-state index contributed by atoms with van der Waals surface area (Å²) >= 11 is 0. The number of ether oxygens (including phenoxy) is 1. The lowest BCUT2D eigenvalue weighted by molar-refractivity contribution is 0.483. The van der Waals surface area contributed by atoms with Crippen molar-refractivity contribution in [2.24, 2.45) is 0 Å². The van der Waals surface area contributed by atoms with Crippen molar-refractivity contribution in [1.29, 1.82) is 0 Å². The summed E-state index contributed by atoms with van der Waals surface area (Å²) in [5.41, 5.74) is 17.5. The zero-order valence-electron chi connectivity index (χ0n) is 37.5. The molecule has 1 aliphatic rings. The molecular formula is C60H50N4O. The molecule has 0 spiro atoms. The summed E-state index contributed by atoms with van der Waals surface area (Å²) in [5, 5.41) is 2.33. The second-order valence-electron chi connectivity index (χ2n) is 18.2. The van der Waals surface area contributed by atoms with Crippen LogP contribution >= 0.6 is 0 Å². The summed E-state index contributed by atoms with van der Waals surface area (Å²) in [6, 6.07) is 69.6. The highest BCUT2D eigenvalue weighted by Gasteiger charge is 2.31. The minimum absolute atomic E-state index is 0.0681. The quantitative estimate of drug-likeness (QED) is 0.153. The van der Waals surface area contributed by atoms with Crippen LogP contribution < -0.4 is 14.5 Å². The summed E-state index contributed by atoms with van der Waals surface area (Å²) < 4.78 is 9.06. The third-order valence-electron chi connectivity index (χ3n) is 12.9. The van der Waals surface area contributed by atoms with E-state index in [1.807, 2.05) is 12.3 Å². The molecule has 316 valence electrons.